The molecule has 2 aromatic rings. The Kier molecular flexibility index (Phi) is 3.10. The Bertz CT molecular complexity index is 499. The first kappa shape index (κ1) is 10.7. The third-order valence-electron chi connectivity index (χ3n) is 2.07. The highest BCUT2D eigenvalue weighted by atomic mass is 35.5. The highest BCUT2D eigenvalue weighted by Gasteiger charge is 2.04. The van der Waals surface area contributed by atoms with Crippen molar-refractivity contribution in [3.8, 4) is 0 Å². The average Bonchev–Trinajstić information content (AvgIpc) is 2.20. The molecule has 0 radical (unpaired) electrons. The van der Waals surface area contributed by atoms with Crippen LogP contribution in [0.15, 0.2) is 24.3 Å². The third-order valence-corrected chi connectivity index (χ3v) is 2.61. The highest BCUT2D eigenvalue weighted by Crippen LogP contribution is 2.26. The van der Waals surface area contributed by atoms with Crippen LogP contribution in [-0.4, -0.2) is 12.1 Å². The predicted molar refractivity (Wildman–Crippen MR) is 62.5 cm³/mol. The van der Waals surface area contributed by atoms with Gasteiger partial charge in [0.15, 0.2) is 0 Å². The molecule has 1 aromatic carbocycles. The Hall–Kier alpha value is -0.830. The molecule has 78 valence electrons. The maximum absolute atomic E-state index is 6.12. The maximum atomic E-state index is 6.12. The van der Waals surface area contributed by atoms with Crippen molar-refractivity contribution >= 4 is 34.1 Å². The van der Waals surface area contributed by atoms with E-state index in [1.165, 1.54) is 0 Å². The molecule has 0 N–H and O–H groups in total. The minimum Gasteiger partial charge on any atom is -0.378 e. The van der Waals surface area contributed by atoms with Gasteiger partial charge in [0.25, 0.3) is 0 Å². The van der Waals surface area contributed by atoms with E-state index in [1.54, 1.807) is 19.2 Å². The minimum atomic E-state index is 0.457. The molecular weight excluding hydrogens is 233 g/mol. The number of benzene rings is 1. The predicted octanol–water partition coefficient (Wildman–Crippen LogP) is 3.69. The van der Waals surface area contributed by atoms with E-state index in [0.717, 1.165) is 16.6 Å². The maximum Gasteiger partial charge on any atom is 0.0884 e. The van der Waals surface area contributed by atoms with Crippen LogP contribution in [0.1, 0.15) is 5.69 Å². The summed E-state index contributed by atoms with van der Waals surface area (Å²) in [6, 6.07) is 7.25. The van der Waals surface area contributed by atoms with Crippen LogP contribution in [0, 0.1) is 0 Å². The Morgan fingerprint density at radius 2 is 2.07 bits per heavy atom. The largest absolute Gasteiger partial charge is 0.378 e. The summed E-state index contributed by atoms with van der Waals surface area (Å²) < 4.78 is 5.01. The summed E-state index contributed by atoms with van der Waals surface area (Å²) in [6.45, 7) is 0.457. The van der Waals surface area contributed by atoms with Crippen LogP contribution in [0.25, 0.3) is 10.9 Å². The number of ether oxygens (including phenoxy) is 1. The fourth-order valence-electron chi connectivity index (χ4n) is 1.43. The van der Waals surface area contributed by atoms with Gasteiger partial charge in [0.1, 0.15) is 0 Å². The summed E-state index contributed by atoms with van der Waals surface area (Å²) in [5, 5.41) is 2.17. The van der Waals surface area contributed by atoms with Gasteiger partial charge in [0.05, 0.1) is 22.8 Å². The van der Waals surface area contributed by atoms with Crippen LogP contribution < -0.4 is 0 Å². The molecule has 0 saturated carbocycles. The van der Waals surface area contributed by atoms with Crippen molar-refractivity contribution in [2.75, 3.05) is 7.11 Å². The zero-order valence-electron chi connectivity index (χ0n) is 8.13. The molecule has 0 spiro atoms. The van der Waals surface area contributed by atoms with Gasteiger partial charge in [-0.15, -0.1) is 0 Å². The molecule has 15 heavy (non-hydrogen) atoms. The lowest BCUT2D eigenvalue weighted by molar-refractivity contribution is 0.182. The zero-order chi connectivity index (χ0) is 10.8. The zero-order valence-corrected chi connectivity index (χ0v) is 9.64. The van der Waals surface area contributed by atoms with Crippen LogP contribution in [0.2, 0.25) is 10.0 Å². The summed E-state index contributed by atoms with van der Waals surface area (Å²) in [6.07, 6.45) is 0. The van der Waals surface area contributed by atoms with Crippen molar-refractivity contribution < 1.29 is 4.74 Å². The Morgan fingerprint density at radius 1 is 1.27 bits per heavy atom. The van der Waals surface area contributed by atoms with Crippen LogP contribution in [-0.2, 0) is 11.3 Å². The standard InChI is InChI=1S/C11H9Cl2NO/c1-15-6-8-5-10(13)9-4-7(12)2-3-11(9)14-8/h2-5H,6H2,1H3. The lowest BCUT2D eigenvalue weighted by Crippen LogP contribution is -1.93. The number of pyridine rings is 1. The Morgan fingerprint density at radius 3 is 2.80 bits per heavy atom. The molecule has 0 aliphatic rings. The number of nitrogens with zero attached hydrogens (tertiary/aromatic N) is 1. The molecule has 0 unspecified atom stereocenters. The second-order valence-electron chi connectivity index (χ2n) is 3.19. The van der Waals surface area contributed by atoms with E-state index in [9.17, 15) is 0 Å². The quantitative estimate of drug-likeness (QED) is 0.801. The van der Waals surface area contributed by atoms with Crippen molar-refractivity contribution in [2.24, 2.45) is 0 Å². The minimum absolute atomic E-state index is 0.457. The van der Waals surface area contributed by atoms with E-state index in [2.05, 4.69) is 4.98 Å². The van der Waals surface area contributed by atoms with Gasteiger partial charge in [-0.25, -0.2) is 0 Å². The number of hydrogen-bond donors (Lipinski definition) is 0. The normalized spacial score (nSPS) is 10.9. The van der Waals surface area contributed by atoms with Crippen molar-refractivity contribution in [3.63, 3.8) is 0 Å². The first-order valence-electron chi connectivity index (χ1n) is 4.44. The first-order valence-corrected chi connectivity index (χ1v) is 5.20. The molecule has 0 amide bonds. The van der Waals surface area contributed by atoms with E-state index in [4.69, 9.17) is 27.9 Å². The lowest BCUT2D eigenvalue weighted by Gasteiger charge is -2.04. The monoisotopic (exact) mass is 241 g/mol. The smallest absolute Gasteiger partial charge is 0.0884 e. The molecule has 0 bridgehead atoms. The molecule has 0 atom stereocenters. The summed E-state index contributed by atoms with van der Waals surface area (Å²) in [4.78, 5) is 4.40. The number of fused-ring (bicyclic) bond motifs is 1. The van der Waals surface area contributed by atoms with Crippen molar-refractivity contribution in [1.82, 2.24) is 4.98 Å². The second kappa shape index (κ2) is 4.35. The lowest BCUT2D eigenvalue weighted by atomic mass is 10.2. The molecule has 0 aliphatic heterocycles. The summed E-state index contributed by atoms with van der Waals surface area (Å²) in [5.41, 5.74) is 1.65. The van der Waals surface area contributed by atoms with Gasteiger partial charge in [-0.3, -0.25) is 4.98 Å². The van der Waals surface area contributed by atoms with Gasteiger partial charge < -0.3 is 4.74 Å². The SMILES string of the molecule is COCc1cc(Cl)c2cc(Cl)ccc2n1. The molecule has 2 rings (SSSR count). The molecular formula is C11H9Cl2NO. The van der Waals surface area contributed by atoms with E-state index >= 15 is 0 Å². The van der Waals surface area contributed by atoms with E-state index in [1.807, 2.05) is 12.1 Å². The average molecular weight is 242 g/mol. The highest BCUT2D eigenvalue weighted by molar-refractivity contribution is 6.36. The first-order chi connectivity index (χ1) is 7.20. The van der Waals surface area contributed by atoms with Gasteiger partial charge in [0, 0.05) is 17.5 Å². The number of aromatic nitrogens is 1. The van der Waals surface area contributed by atoms with Gasteiger partial charge >= 0.3 is 0 Å². The fraction of sp³-hybridized carbons (Fsp3) is 0.182. The Labute approximate surface area is 97.8 Å². The number of rotatable bonds is 2. The van der Waals surface area contributed by atoms with Gasteiger partial charge in [-0.1, -0.05) is 23.2 Å². The summed E-state index contributed by atoms with van der Waals surface area (Å²) in [7, 11) is 1.63. The number of halogens is 2. The van der Waals surface area contributed by atoms with Gasteiger partial charge in [-0.2, -0.15) is 0 Å². The van der Waals surface area contributed by atoms with Crippen LogP contribution in [0.4, 0.5) is 0 Å². The Balaban J connectivity index is 2.62. The summed E-state index contributed by atoms with van der Waals surface area (Å²) in [5.74, 6) is 0. The van der Waals surface area contributed by atoms with Crippen LogP contribution >= 0.6 is 23.2 Å². The van der Waals surface area contributed by atoms with E-state index in [0.29, 0.717) is 16.7 Å². The molecule has 2 nitrogen and oxygen atoms in total. The molecule has 0 saturated heterocycles. The number of hydrogen-bond acceptors (Lipinski definition) is 2. The van der Waals surface area contributed by atoms with E-state index in [-0.39, 0.29) is 0 Å². The second-order valence-corrected chi connectivity index (χ2v) is 4.03. The van der Waals surface area contributed by atoms with Crippen molar-refractivity contribution in [3.05, 3.63) is 40.0 Å². The van der Waals surface area contributed by atoms with Crippen LogP contribution in [0.3, 0.4) is 0 Å². The molecule has 1 heterocycles. The molecule has 1 aromatic heterocycles. The molecule has 4 heteroatoms. The molecule has 0 aliphatic carbocycles. The van der Waals surface area contributed by atoms with Gasteiger partial charge in [-0.05, 0) is 24.3 Å². The van der Waals surface area contributed by atoms with Gasteiger partial charge in [0.2, 0.25) is 0 Å². The molecule has 0 fully saturated rings. The third kappa shape index (κ3) is 2.23. The summed E-state index contributed by atoms with van der Waals surface area (Å²) >= 11 is 12.0. The number of methoxy groups -OCH3 is 1. The van der Waals surface area contributed by atoms with E-state index < -0.39 is 0 Å². The fourth-order valence-corrected chi connectivity index (χ4v) is 1.88. The van der Waals surface area contributed by atoms with Crippen LogP contribution in [0.5, 0.6) is 0 Å². The van der Waals surface area contributed by atoms with Crippen molar-refractivity contribution in [1.29, 1.82) is 0 Å². The topological polar surface area (TPSA) is 22.1 Å². The van der Waals surface area contributed by atoms with Crippen molar-refractivity contribution in [2.45, 2.75) is 6.61 Å².